The number of ether oxygens (including phenoxy) is 1. The fourth-order valence-corrected chi connectivity index (χ4v) is 14.6. The molecule has 10 unspecified atom stereocenters. The van der Waals surface area contributed by atoms with E-state index in [1.807, 2.05) is 0 Å². The van der Waals surface area contributed by atoms with Gasteiger partial charge in [-0.05, 0) is 77.6 Å². The molecule has 0 aromatic carbocycles. The van der Waals surface area contributed by atoms with Gasteiger partial charge in [-0.25, -0.2) is 19.2 Å². The number of carbonyl (C=O) groups excluding carboxylic acids is 4. The molecule has 0 bridgehead atoms. The van der Waals surface area contributed by atoms with Gasteiger partial charge in [0.2, 0.25) is 0 Å². The normalized spacial score (nSPS) is 16.4. The molecular formula is C65H128O29S4. The number of hydrogen-bond donors (Lipinski definition) is 12. The number of epoxide rings is 1. The van der Waals surface area contributed by atoms with Crippen molar-refractivity contribution in [1.29, 1.82) is 0 Å². The number of rotatable bonds is 60. The first kappa shape index (κ1) is 99.3. The zero-order chi connectivity index (χ0) is 74.9. The molecule has 29 nitrogen and oxygen atoms in total. The number of unbranched alkanes of at least 4 members (excludes halogenated alkanes) is 29. The number of aliphatic hydroxyl groups is 4. The second-order valence-electron chi connectivity index (χ2n) is 25.8. The van der Waals surface area contributed by atoms with E-state index in [9.17, 15) is 86.9 Å². The van der Waals surface area contributed by atoms with Gasteiger partial charge in [0, 0.05) is 25.7 Å². The lowest BCUT2D eigenvalue weighted by molar-refractivity contribution is -0.234. The zero-order valence-electron chi connectivity index (χ0n) is 58.9. The largest absolute Gasteiger partial charge is 0.390 e. The lowest BCUT2D eigenvalue weighted by Gasteiger charge is -2.24. The molecule has 0 spiro atoms. The van der Waals surface area contributed by atoms with Crippen LogP contribution in [-0.4, -0.2) is 175 Å². The molecule has 33 heteroatoms. The molecule has 1 rings (SSSR count). The summed E-state index contributed by atoms with van der Waals surface area (Å²) in [5, 5.41) is 68.6. The van der Waals surface area contributed by atoms with Crippen molar-refractivity contribution in [2.24, 2.45) is 0 Å². The molecule has 0 amide bonds. The molecule has 1 saturated heterocycles. The fourth-order valence-electron chi connectivity index (χ4n) is 11.1. The van der Waals surface area contributed by atoms with Gasteiger partial charge in [-0.2, -0.15) is 54.7 Å². The van der Waals surface area contributed by atoms with Crippen molar-refractivity contribution < 1.29 is 137 Å². The van der Waals surface area contributed by atoms with Crippen LogP contribution in [0.5, 0.6) is 0 Å². The van der Waals surface area contributed by atoms with Crippen molar-refractivity contribution in [1.82, 2.24) is 0 Å². The molecule has 10 atom stereocenters. The summed E-state index contributed by atoms with van der Waals surface area (Å²) in [6.07, 6.45) is 28.1. The van der Waals surface area contributed by atoms with Crippen LogP contribution in [-0.2, 0) is 83.9 Å². The molecule has 1 heterocycles. The second-order valence-corrected chi connectivity index (χ2v) is 32.5. The summed E-state index contributed by atoms with van der Waals surface area (Å²) in [4.78, 5) is 57.0. The molecule has 98 heavy (non-hydrogen) atoms. The molecule has 586 valence electrons. The van der Waals surface area contributed by atoms with Crippen LogP contribution in [0, 0.1) is 0 Å². The standard InChI is InChI=1S/2C18H36O8S.C18H34O7S.C11H22O6S/c1-2-3-4-6-9-12-15(19)18(21)16(27(23,24)25)13-10-7-5-8-11-14-17(20)26-22;1-2-3-4-5-6-10-13-16(27(23,24)25)18(21)15(19)12-9-7-8-11-14-17(20)26-22;1-2-3-4-6-9-12-15-18(24-15)16(26(21,22)23)13-10-7-5-8-11-14-17(19)25-20;1-10(18(14,15)16)8-6-4-2-3-5-7-9-11(12)17-13/h2*15-16,18-19,21-22H,2-14H2,1H3,(H,23,24,25);15-16,18,20H,2-14H2,1H3,(H,21,22,23);10,13H,2-9H2,1H3,(H,14,15,16). The van der Waals surface area contributed by atoms with Gasteiger partial charge in [-0.1, -0.05) is 226 Å². The molecule has 1 aliphatic heterocycles. The van der Waals surface area contributed by atoms with Crippen LogP contribution in [0.3, 0.4) is 0 Å². The molecular weight excluding hydrogens is 1370 g/mol. The average molecular weight is 1500 g/mol. The summed E-state index contributed by atoms with van der Waals surface area (Å²) >= 11 is 0. The zero-order valence-corrected chi connectivity index (χ0v) is 62.2. The minimum absolute atomic E-state index is 0.0342. The SMILES string of the molecule is CC(CCCCCCCCC(=O)OO)S(=O)(=O)O.CCCCCCCC(O)C(O)C(CCCCCCCC(=O)OO)S(=O)(=O)O.CCCCCCCC1OC1C(CCCCCCCC(=O)OO)S(=O)(=O)O.CCCCCCCCC(C(O)C(O)CCCCCCC(=O)OO)S(=O)(=O)O. The molecule has 12 N–H and O–H groups in total. The van der Waals surface area contributed by atoms with Crippen molar-refractivity contribution in [3.05, 3.63) is 0 Å². The van der Waals surface area contributed by atoms with Gasteiger partial charge < -0.3 is 44.7 Å². The fraction of sp³-hybridized carbons (Fsp3) is 0.938. The van der Waals surface area contributed by atoms with Gasteiger partial charge >= 0.3 is 23.9 Å². The lowest BCUT2D eigenvalue weighted by Crippen LogP contribution is -2.42. The van der Waals surface area contributed by atoms with Gasteiger partial charge in [0.15, 0.2) is 0 Å². The highest BCUT2D eigenvalue weighted by molar-refractivity contribution is 7.87. The van der Waals surface area contributed by atoms with Gasteiger partial charge in [0.1, 0.15) is 21.9 Å². The number of carbonyl (C=O) groups is 4. The first-order chi connectivity index (χ1) is 46.2. The van der Waals surface area contributed by atoms with E-state index in [-0.39, 0.29) is 57.2 Å². The van der Waals surface area contributed by atoms with Crippen LogP contribution in [0.15, 0.2) is 0 Å². The maximum atomic E-state index is 11.6. The Hall–Kier alpha value is -2.84. The number of hydrogen-bond acceptors (Lipinski definition) is 25. The monoisotopic (exact) mass is 1500 g/mol. The van der Waals surface area contributed by atoms with Gasteiger partial charge in [-0.15, -0.1) is 0 Å². The van der Waals surface area contributed by atoms with Crippen molar-refractivity contribution in [2.45, 2.75) is 387 Å². The summed E-state index contributed by atoms with van der Waals surface area (Å²) in [6.45, 7) is 7.86. The van der Waals surface area contributed by atoms with Crippen LogP contribution in [0.4, 0.5) is 0 Å². The second kappa shape index (κ2) is 61.6. The highest BCUT2D eigenvalue weighted by atomic mass is 32.2. The van der Waals surface area contributed by atoms with Crippen LogP contribution in [0.25, 0.3) is 0 Å². The van der Waals surface area contributed by atoms with Crippen molar-refractivity contribution in [3.63, 3.8) is 0 Å². The third-order valence-corrected chi connectivity index (χ3v) is 22.3. The lowest BCUT2D eigenvalue weighted by atomic mass is 9.99. The molecule has 0 aromatic heterocycles. The molecule has 1 fully saturated rings. The first-order valence-corrected chi connectivity index (χ1v) is 41.9. The van der Waals surface area contributed by atoms with Crippen LogP contribution < -0.4 is 0 Å². The Morgan fingerprint density at radius 2 is 0.592 bits per heavy atom. The molecule has 1 aliphatic rings. The van der Waals surface area contributed by atoms with Crippen molar-refractivity contribution in [2.75, 3.05) is 0 Å². The van der Waals surface area contributed by atoms with E-state index in [0.29, 0.717) is 103 Å². The van der Waals surface area contributed by atoms with Crippen molar-refractivity contribution in [3.8, 4) is 0 Å². The van der Waals surface area contributed by atoms with E-state index in [4.69, 9.17) is 30.3 Å². The minimum atomic E-state index is -4.46. The summed E-state index contributed by atoms with van der Waals surface area (Å²) in [7, 11) is -16.9. The Balaban J connectivity index is -0.00000124. The van der Waals surface area contributed by atoms with Crippen LogP contribution in [0.2, 0.25) is 0 Å². The maximum Gasteiger partial charge on any atom is 0.342 e. The van der Waals surface area contributed by atoms with E-state index in [0.717, 1.165) is 135 Å². The Morgan fingerprint density at radius 3 is 0.867 bits per heavy atom. The Labute approximate surface area is 585 Å². The molecule has 0 aromatic rings. The third kappa shape index (κ3) is 57.6. The Morgan fingerprint density at radius 1 is 0.337 bits per heavy atom. The quantitative estimate of drug-likeness (QED) is 0.00672. The highest BCUT2D eigenvalue weighted by Gasteiger charge is 2.49. The van der Waals surface area contributed by atoms with E-state index >= 15 is 0 Å². The third-order valence-electron chi connectivity index (χ3n) is 17.3. The average Bonchev–Trinajstić information content (AvgIpc) is 1.64. The van der Waals surface area contributed by atoms with Gasteiger partial charge in [0.05, 0.1) is 35.8 Å². The predicted molar refractivity (Wildman–Crippen MR) is 369 cm³/mol. The van der Waals surface area contributed by atoms with Crippen molar-refractivity contribution >= 4 is 64.3 Å². The first-order valence-electron chi connectivity index (χ1n) is 35.8. The van der Waals surface area contributed by atoms with Gasteiger partial charge in [0.25, 0.3) is 40.5 Å². The number of aliphatic hydroxyl groups excluding tert-OH is 4. The molecule has 0 radical (unpaired) electrons. The van der Waals surface area contributed by atoms with E-state index in [1.54, 1.807) is 0 Å². The Bertz CT molecular complexity index is 2440. The predicted octanol–water partition coefficient (Wildman–Crippen LogP) is 12.7. The van der Waals surface area contributed by atoms with E-state index in [1.165, 1.54) is 26.2 Å². The molecule has 0 saturated carbocycles. The summed E-state index contributed by atoms with van der Waals surface area (Å²) < 4.78 is 134. The smallest absolute Gasteiger partial charge is 0.342 e. The summed E-state index contributed by atoms with van der Waals surface area (Å²) in [6, 6.07) is 0. The van der Waals surface area contributed by atoms with Crippen LogP contribution in [0.1, 0.15) is 329 Å². The minimum Gasteiger partial charge on any atom is -0.390 e. The van der Waals surface area contributed by atoms with E-state index < -0.39 is 110 Å². The summed E-state index contributed by atoms with van der Waals surface area (Å²) in [5.41, 5.74) is 0. The van der Waals surface area contributed by atoms with E-state index in [2.05, 4.69) is 40.3 Å². The van der Waals surface area contributed by atoms with Crippen LogP contribution >= 0.6 is 0 Å². The Kier molecular flexibility index (Phi) is 62.5. The topological polar surface area (TPSA) is 497 Å². The highest BCUT2D eigenvalue weighted by Crippen LogP contribution is 2.36. The maximum absolute atomic E-state index is 11.6. The molecule has 0 aliphatic carbocycles. The summed E-state index contributed by atoms with van der Waals surface area (Å²) in [5.74, 6) is -2.63. The van der Waals surface area contributed by atoms with Gasteiger partial charge in [-0.3, -0.25) is 18.2 Å².